The molecule has 7 N–H and O–H groups in total. The van der Waals surface area contributed by atoms with Crippen molar-refractivity contribution in [2.75, 3.05) is 0 Å². The minimum Gasteiger partial charge on any atom is -0.461 e. The molecule has 2 aromatic rings. The van der Waals surface area contributed by atoms with Gasteiger partial charge in [0.05, 0.1) is 12.2 Å². The number of carbonyl (C=O) groups is 2. The molecular formula is C43H55N3O6. The van der Waals surface area contributed by atoms with E-state index in [9.17, 15) is 24.9 Å². The van der Waals surface area contributed by atoms with Crippen LogP contribution in [0.3, 0.4) is 0 Å². The zero-order valence-electron chi connectivity index (χ0n) is 30.7. The Kier molecular flexibility index (Phi) is 11.0. The van der Waals surface area contributed by atoms with Gasteiger partial charge in [-0.25, -0.2) is 0 Å². The summed E-state index contributed by atoms with van der Waals surface area (Å²) in [5.74, 6) is 6.36. The number of aliphatic hydroxyl groups is 3. The Bertz CT molecular complexity index is 1730. The Labute approximate surface area is 307 Å². The first-order chi connectivity index (χ1) is 24.7. The Morgan fingerprint density at radius 1 is 1.02 bits per heavy atom. The van der Waals surface area contributed by atoms with Crippen LogP contribution < -0.4 is 11.5 Å². The lowest BCUT2D eigenvalue weighted by Crippen LogP contribution is -2.63. The summed E-state index contributed by atoms with van der Waals surface area (Å²) < 4.78 is 5.55. The predicted molar refractivity (Wildman–Crippen MR) is 201 cm³/mol. The van der Waals surface area contributed by atoms with E-state index in [0.717, 1.165) is 36.0 Å². The van der Waals surface area contributed by atoms with Crippen LogP contribution in [-0.4, -0.2) is 51.0 Å². The highest BCUT2D eigenvalue weighted by Gasteiger charge is 2.66. The first-order valence-electron chi connectivity index (χ1n) is 18.9. The lowest BCUT2D eigenvalue weighted by Gasteiger charge is -2.64. The van der Waals surface area contributed by atoms with Crippen LogP contribution in [-0.2, 0) is 20.9 Å². The number of nitrogens with two attached hydrogens (primary N) is 2. The maximum Gasteiger partial charge on any atom is 0.306 e. The highest BCUT2D eigenvalue weighted by atomic mass is 16.5. The van der Waals surface area contributed by atoms with Gasteiger partial charge in [-0.2, -0.15) is 4.99 Å². The van der Waals surface area contributed by atoms with Crippen molar-refractivity contribution in [1.82, 2.24) is 0 Å². The number of esters is 1. The van der Waals surface area contributed by atoms with E-state index in [1.807, 2.05) is 54.6 Å². The van der Waals surface area contributed by atoms with Crippen LogP contribution in [0, 0.1) is 58.2 Å². The first kappa shape index (κ1) is 37.8. The van der Waals surface area contributed by atoms with Gasteiger partial charge >= 0.3 is 5.97 Å². The normalized spacial score (nSPS) is 35.6. The molecule has 2 aromatic carbocycles. The number of benzene rings is 2. The number of aliphatic hydroxyl groups excluding tert-OH is 2. The van der Waals surface area contributed by atoms with Crippen molar-refractivity contribution in [3.05, 3.63) is 77.4 Å². The molecular weight excluding hydrogens is 654 g/mol. The molecule has 4 fully saturated rings. The van der Waals surface area contributed by atoms with Crippen LogP contribution in [0.5, 0.6) is 0 Å². The second-order valence-corrected chi connectivity index (χ2v) is 16.6. The third-order valence-corrected chi connectivity index (χ3v) is 13.7. The molecule has 11 atom stereocenters. The van der Waals surface area contributed by atoms with Crippen molar-refractivity contribution in [3.63, 3.8) is 0 Å². The van der Waals surface area contributed by atoms with E-state index in [1.165, 1.54) is 6.08 Å². The largest absolute Gasteiger partial charge is 0.461 e. The summed E-state index contributed by atoms with van der Waals surface area (Å²) in [6.45, 7) is 7.06. The molecule has 4 saturated carbocycles. The summed E-state index contributed by atoms with van der Waals surface area (Å²) in [4.78, 5) is 27.8. The molecule has 52 heavy (non-hydrogen) atoms. The van der Waals surface area contributed by atoms with Crippen LogP contribution in [0.25, 0.3) is 6.08 Å². The zero-order valence-corrected chi connectivity index (χ0v) is 30.7. The maximum absolute atomic E-state index is 12.6. The molecule has 4 aliphatic carbocycles. The van der Waals surface area contributed by atoms with E-state index in [2.05, 4.69) is 37.6 Å². The predicted octanol–water partition coefficient (Wildman–Crippen LogP) is 5.34. The number of rotatable bonds is 8. The molecule has 9 nitrogen and oxygen atoms in total. The Balaban J connectivity index is 1.08. The van der Waals surface area contributed by atoms with E-state index >= 15 is 0 Å². The van der Waals surface area contributed by atoms with E-state index in [1.54, 1.807) is 6.08 Å². The minimum atomic E-state index is -1.17. The van der Waals surface area contributed by atoms with Crippen molar-refractivity contribution in [2.24, 2.45) is 62.8 Å². The van der Waals surface area contributed by atoms with Crippen LogP contribution in [0.15, 0.2) is 65.7 Å². The average molecular weight is 710 g/mol. The Morgan fingerprint density at radius 2 is 1.75 bits per heavy atom. The molecule has 0 spiro atoms. The second kappa shape index (κ2) is 15.2. The number of fused-ring (bicyclic) bond motifs is 5. The summed E-state index contributed by atoms with van der Waals surface area (Å²) in [5, 5.41) is 35.6. The highest BCUT2D eigenvalue weighted by Crippen LogP contribution is 2.69. The van der Waals surface area contributed by atoms with E-state index in [-0.39, 0.29) is 64.9 Å². The van der Waals surface area contributed by atoms with Crippen LogP contribution in [0.2, 0.25) is 0 Å². The Morgan fingerprint density at radius 3 is 2.46 bits per heavy atom. The lowest BCUT2D eigenvalue weighted by atomic mass is 9.42. The fourth-order valence-corrected chi connectivity index (χ4v) is 10.8. The molecule has 278 valence electrons. The van der Waals surface area contributed by atoms with Crippen LogP contribution >= 0.6 is 0 Å². The number of hydrogen-bond donors (Lipinski definition) is 5. The van der Waals surface area contributed by atoms with Gasteiger partial charge in [-0.05, 0) is 127 Å². The van der Waals surface area contributed by atoms with Crippen molar-refractivity contribution in [3.8, 4) is 11.8 Å². The van der Waals surface area contributed by atoms with E-state index < -0.39 is 23.7 Å². The number of amides is 1. The van der Waals surface area contributed by atoms with Crippen molar-refractivity contribution in [2.45, 2.75) is 103 Å². The van der Waals surface area contributed by atoms with Crippen LogP contribution in [0.4, 0.5) is 0 Å². The number of carbonyl (C=O) groups excluding carboxylic acids is 2. The quantitative estimate of drug-likeness (QED) is 0.0805. The topological polar surface area (TPSA) is 168 Å². The molecule has 0 aliphatic heterocycles. The smallest absolute Gasteiger partial charge is 0.306 e. The second-order valence-electron chi connectivity index (χ2n) is 16.6. The molecule has 6 rings (SSSR count). The number of guanidine groups is 1. The van der Waals surface area contributed by atoms with Gasteiger partial charge in [0.25, 0.3) is 5.91 Å². The summed E-state index contributed by atoms with van der Waals surface area (Å²) in [6.07, 6.45) is 8.01. The van der Waals surface area contributed by atoms with Gasteiger partial charge in [0.15, 0.2) is 5.96 Å². The molecule has 0 bridgehead atoms. The van der Waals surface area contributed by atoms with Gasteiger partial charge in [0.1, 0.15) is 12.2 Å². The van der Waals surface area contributed by atoms with E-state index in [4.69, 9.17) is 16.2 Å². The van der Waals surface area contributed by atoms with Gasteiger partial charge in [0, 0.05) is 18.1 Å². The third kappa shape index (κ3) is 7.71. The Hall–Kier alpha value is -3.97. The summed E-state index contributed by atoms with van der Waals surface area (Å²) >= 11 is 0. The fourth-order valence-electron chi connectivity index (χ4n) is 10.8. The number of nitrogens with zero attached hydrogens (tertiary/aromatic N) is 1. The molecule has 0 radical (unpaired) electrons. The molecule has 9 heteroatoms. The summed E-state index contributed by atoms with van der Waals surface area (Å²) in [7, 11) is 0. The van der Waals surface area contributed by atoms with Crippen molar-refractivity contribution >= 4 is 23.9 Å². The van der Waals surface area contributed by atoms with Gasteiger partial charge in [-0.1, -0.05) is 75.1 Å². The third-order valence-electron chi connectivity index (χ3n) is 13.7. The molecule has 1 amide bonds. The fraction of sp³-hybridized carbons (Fsp3) is 0.558. The van der Waals surface area contributed by atoms with Crippen molar-refractivity contribution in [1.29, 1.82) is 0 Å². The minimum absolute atomic E-state index is 0.0849. The molecule has 0 saturated heterocycles. The van der Waals surface area contributed by atoms with E-state index in [0.29, 0.717) is 38.5 Å². The van der Waals surface area contributed by atoms with Gasteiger partial charge in [-0.15, -0.1) is 0 Å². The standard InChI is InChI=1S/C43H55N3O6/c1-27(9-18-38(50)52-26-30-7-5-4-6-8-30)32-15-16-33-39-34(24-36(48)42(32,33)3)41(2)21-22-43(51,25-31(41)23-35(39)47)20-19-29-12-10-28(11-13-29)14-17-37(49)46-40(44)45/h4-8,10-14,17,27,31-36,39,47-48,51H,9,15-16,18,21-26H2,1-3H3,(H4,44,45,46,49)/t27?,31-,32?,33+,34+,35-,36+,39+,41+,42-,43-/m1/s1. The summed E-state index contributed by atoms with van der Waals surface area (Å²) in [5.41, 5.74) is 11.4. The van der Waals surface area contributed by atoms with Gasteiger partial charge in [0.2, 0.25) is 0 Å². The van der Waals surface area contributed by atoms with Crippen LogP contribution in [0.1, 0.15) is 95.2 Å². The number of ether oxygens (including phenoxy) is 1. The van der Waals surface area contributed by atoms with Crippen molar-refractivity contribution < 1.29 is 29.6 Å². The lowest BCUT2D eigenvalue weighted by molar-refractivity contribution is -0.211. The zero-order chi connectivity index (χ0) is 37.3. The monoisotopic (exact) mass is 709 g/mol. The summed E-state index contributed by atoms with van der Waals surface area (Å²) in [6, 6.07) is 17.1. The maximum atomic E-state index is 12.6. The SMILES string of the molecule is CC(CCC(=O)OCc1ccccc1)C1CC[C@H]2[C@@H]3[C@H](O)C[C@@H]4C[C@@](O)(C#Cc5ccc(C=CC(=O)N=C(N)N)cc5)CC[C@]4(C)[C@H]3C[C@H](O)[C@]12C. The van der Waals surface area contributed by atoms with Gasteiger partial charge in [-0.3, -0.25) is 9.59 Å². The molecule has 2 unspecified atom stereocenters. The molecule has 0 aromatic heterocycles. The van der Waals surface area contributed by atoms with Gasteiger partial charge < -0.3 is 31.5 Å². The number of aliphatic imine (C=N–C) groups is 1. The first-order valence-corrected chi connectivity index (χ1v) is 18.9. The highest BCUT2D eigenvalue weighted by molar-refractivity contribution is 5.99. The average Bonchev–Trinajstić information content (AvgIpc) is 3.48. The molecule has 4 aliphatic rings. The number of hydrogen-bond acceptors (Lipinski definition) is 6. The molecule has 0 heterocycles.